The summed E-state index contributed by atoms with van der Waals surface area (Å²) in [4.78, 5) is 14.7. The average Bonchev–Trinajstić information content (AvgIpc) is 2.42. The fourth-order valence-electron chi connectivity index (χ4n) is 2.71. The molecule has 1 N–H and O–H groups in total. The number of piperidine rings is 1. The van der Waals surface area contributed by atoms with Crippen molar-refractivity contribution in [1.29, 1.82) is 0 Å². The number of anilines is 1. The Bertz CT molecular complexity index is 489. The number of benzene rings is 1. The van der Waals surface area contributed by atoms with E-state index in [0.29, 0.717) is 10.9 Å². The first kappa shape index (κ1) is 15.3. The van der Waals surface area contributed by atoms with E-state index < -0.39 is 0 Å². The maximum atomic E-state index is 12.4. The van der Waals surface area contributed by atoms with Gasteiger partial charge in [0.2, 0.25) is 5.91 Å². The molecule has 0 spiro atoms. The summed E-state index contributed by atoms with van der Waals surface area (Å²) in [5.41, 5.74) is 1.83. The van der Waals surface area contributed by atoms with Gasteiger partial charge in [-0.1, -0.05) is 24.6 Å². The van der Waals surface area contributed by atoms with Gasteiger partial charge in [-0.3, -0.25) is 9.69 Å². The van der Waals surface area contributed by atoms with Crippen LogP contribution in [0.25, 0.3) is 0 Å². The normalized spacial score (nSPS) is 21.5. The lowest BCUT2D eigenvalue weighted by atomic mass is 9.99. The van der Waals surface area contributed by atoms with Gasteiger partial charge in [0.05, 0.1) is 6.04 Å². The molecule has 0 bridgehead atoms. The van der Waals surface area contributed by atoms with Crippen LogP contribution in [-0.2, 0) is 4.79 Å². The van der Waals surface area contributed by atoms with Crippen molar-refractivity contribution in [3.05, 3.63) is 28.8 Å². The summed E-state index contributed by atoms with van der Waals surface area (Å²) in [6, 6.07) is 5.46. The number of aryl methyl sites for hydroxylation is 1. The van der Waals surface area contributed by atoms with Crippen LogP contribution in [0.15, 0.2) is 18.2 Å². The Balaban J connectivity index is 2.02. The van der Waals surface area contributed by atoms with Crippen LogP contribution in [0.3, 0.4) is 0 Å². The van der Waals surface area contributed by atoms with E-state index in [1.165, 1.54) is 12.8 Å². The Labute approximate surface area is 126 Å². The number of nitrogens with one attached hydrogen (secondary N) is 1. The maximum Gasteiger partial charge on any atom is 0.241 e. The van der Waals surface area contributed by atoms with E-state index in [1.807, 2.05) is 26.0 Å². The fraction of sp³-hybridized carbons (Fsp3) is 0.562. The third kappa shape index (κ3) is 3.74. The zero-order valence-electron chi connectivity index (χ0n) is 12.4. The molecule has 1 saturated heterocycles. The van der Waals surface area contributed by atoms with Crippen LogP contribution in [0.5, 0.6) is 0 Å². The molecule has 0 aliphatic carbocycles. The van der Waals surface area contributed by atoms with Gasteiger partial charge < -0.3 is 5.32 Å². The van der Waals surface area contributed by atoms with Crippen molar-refractivity contribution in [2.75, 3.05) is 18.4 Å². The predicted molar refractivity (Wildman–Crippen MR) is 84.3 cm³/mol. The summed E-state index contributed by atoms with van der Waals surface area (Å²) >= 11 is 5.99. The smallest absolute Gasteiger partial charge is 0.241 e. The molecule has 1 aliphatic rings. The van der Waals surface area contributed by atoms with Crippen LogP contribution >= 0.6 is 11.6 Å². The molecule has 0 saturated carbocycles. The average molecular weight is 295 g/mol. The monoisotopic (exact) mass is 294 g/mol. The van der Waals surface area contributed by atoms with Crippen LogP contribution < -0.4 is 5.32 Å². The van der Waals surface area contributed by atoms with Crippen LogP contribution in [0.1, 0.15) is 32.3 Å². The topological polar surface area (TPSA) is 32.3 Å². The molecule has 1 aromatic carbocycles. The molecule has 2 rings (SSSR count). The van der Waals surface area contributed by atoms with Crippen molar-refractivity contribution in [1.82, 2.24) is 4.90 Å². The number of hydrogen-bond acceptors (Lipinski definition) is 2. The number of hydrogen-bond donors (Lipinski definition) is 1. The Hall–Kier alpha value is -1.06. The summed E-state index contributed by atoms with van der Waals surface area (Å²) < 4.78 is 0. The molecule has 0 aromatic heterocycles. The molecule has 1 aromatic rings. The highest BCUT2D eigenvalue weighted by Crippen LogP contribution is 2.22. The SMILES string of the molecule is Cc1ccc(Cl)cc1NC(=O)[C@@H](C)N1CCC[C@@H](C)C1. The van der Waals surface area contributed by atoms with E-state index in [1.54, 1.807) is 6.07 Å². The molecule has 4 heteroatoms. The fourth-order valence-corrected chi connectivity index (χ4v) is 2.88. The van der Waals surface area contributed by atoms with Gasteiger partial charge in [0.15, 0.2) is 0 Å². The standard InChI is InChI=1S/C16H23ClN2O/c1-11-5-4-8-19(10-11)13(3)16(20)18-15-9-14(17)7-6-12(15)2/h6-7,9,11,13H,4-5,8,10H2,1-3H3,(H,18,20)/t11-,13-/m1/s1. The van der Waals surface area contributed by atoms with E-state index in [2.05, 4.69) is 17.1 Å². The maximum absolute atomic E-state index is 12.4. The lowest BCUT2D eigenvalue weighted by molar-refractivity contribution is -0.121. The van der Waals surface area contributed by atoms with Crippen molar-refractivity contribution in [2.24, 2.45) is 5.92 Å². The number of carbonyl (C=O) groups is 1. The van der Waals surface area contributed by atoms with Gasteiger partial charge in [-0.2, -0.15) is 0 Å². The third-order valence-corrected chi connectivity index (χ3v) is 4.31. The number of halogens is 1. The minimum atomic E-state index is -0.101. The quantitative estimate of drug-likeness (QED) is 0.922. The summed E-state index contributed by atoms with van der Waals surface area (Å²) in [5, 5.41) is 3.64. The molecule has 1 amide bonds. The Morgan fingerprint density at radius 1 is 1.50 bits per heavy atom. The van der Waals surface area contributed by atoms with Crippen molar-refractivity contribution >= 4 is 23.2 Å². The van der Waals surface area contributed by atoms with Crippen LogP contribution in [-0.4, -0.2) is 29.9 Å². The molecule has 0 radical (unpaired) electrons. The van der Waals surface area contributed by atoms with Gasteiger partial charge >= 0.3 is 0 Å². The highest BCUT2D eigenvalue weighted by molar-refractivity contribution is 6.31. The summed E-state index contributed by atoms with van der Waals surface area (Å²) in [5.74, 6) is 0.719. The van der Waals surface area contributed by atoms with Gasteiger partial charge in [-0.05, 0) is 56.8 Å². The molecular weight excluding hydrogens is 272 g/mol. The van der Waals surface area contributed by atoms with Crippen LogP contribution in [0.4, 0.5) is 5.69 Å². The number of nitrogens with zero attached hydrogens (tertiary/aromatic N) is 1. The van der Waals surface area contributed by atoms with E-state index in [0.717, 1.165) is 24.3 Å². The first-order chi connectivity index (χ1) is 9.47. The first-order valence-electron chi connectivity index (χ1n) is 7.28. The van der Waals surface area contributed by atoms with E-state index in [-0.39, 0.29) is 11.9 Å². The second kappa shape index (κ2) is 6.59. The zero-order valence-corrected chi connectivity index (χ0v) is 13.2. The zero-order chi connectivity index (χ0) is 14.7. The van der Waals surface area contributed by atoms with E-state index in [9.17, 15) is 4.79 Å². The molecule has 0 unspecified atom stereocenters. The first-order valence-corrected chi connectivity index (χ1v) is 7.66. The Morgan fingerprint density at radius 2 is 2.25 bits per heavy atom. The van der Waals surface area contributed by atoms with Crippen LogP contribution in [0.2, 0.25) is 5.02 Å². The summed E-state index contributed by atoms with van der Waals surface area (Å²) in [6.45, 7) is 8.21. The van der Waals surface area contributed by atoms with Crippen LogP contribution in [0, 0.1) is 12.8 Å². The summed E-state index contributed by atoms with van der Waals surface area (Å²) in [7, 11) is 0. The lowest BCUT2D eigenvalue weighted by Gasteiger charge is -2.34. The number of rotatable bonds is 3. The van der Waals surface area contributed by atoms with Gasteiger partial charge in [0.25, 0.3) is 0 Å². The molecule has 110 valence electrons. The van der Waals surface area contributed by atoms with E-state index >= 15 is 0 Å². The minimum absolute atomic E-state index is 0.0458. The second-order valence-corrected chi connectivity index (χ2v) is 6.30. The largest absolute Gasteiger partial charge is 0.324 e. The minimum Gasteiger partial charge on any atom is -0.324 e. The van der Waals surface area contributed by atoms with Crippen molar-refractivity contribution in [3.8, 4) is 0 Å². The number of likely N-dealkylation sites (tertiary alicyclic amines) is 1. The molecule has 3 nitrogen and oxygen atoms in total. The Morgan fingerprint density at radius 3 is 2.95 bits per heavy atom. The number of carbonyl (C=O) groups excluding carboxylic acids is 1. The van der Waals surface area contributed by atoms with Gasteiger partial charge in [0, 0.05) is 17.3 Å². The van der Waals surface area contributed by atoms with Crippen molar-refractivity contribution < 1.29 is 4.79 Å². The Kier molecular flexibility index (Phi) is 5.06. The predicted octanol–water partition coefficient (Wildman–Crippen LogP) is 3.71. The van der Waals surface area contributed by atoms with Gasteiger partial charge in [-0.25, -0.2) is 0 Å². The second-order valence-electron chi connectivity index (χ2n) is 5.87. The summed E-state index contributed by atoms with van der Waals surface area (Å²) in [6.07, 6.45) is 2.44. The van der Waals surface area contributed by atoms with Gasteiger partial charge in [0.1, 0.15) is 0 Å². The molecule has 1 fully saturated rings. The lowest BCUT2D eigenvalue weighted by Crippen LogP contribution is -2.46. The highest BCUT2D eigenvalue weighted by atomic mass is 35.5. The van der Waals surface area contributed by atoms with E-state index in [4.69, 9.17) is 11.6 Å². The van der Waals surface area contributed by atoms with Gasteiger partial charge in [-0.15, -0.1) is 0 Å². The van der Waals surface area contributed by atoms with Crippen molar-refractivity contribution in [3.63, 3.8) is 0 Å². The molecule has 1 heterocycles. The number of amides is 1. The highest BCUT2D eigenvalue weighted by Gasteiger charge is 2.25. The molecule has 2 atom stereocenters. The third-order valence-electron chi connectivity index (χ3n) is 4.07. The molecular formula is C16H23ClN2O. The van der Waals surface area contributed by atoms with Crippen molar-refractivity contribution in [2.45, 2.75) is 39.7 Å². The molecule has 20 heavy (non-hydrogen) atoms. The molecule has 1 aliphatic heterocycles.